The van der Waals surface area contributed by atoms with E-state index in [1.807, 2.05) is 38.2 Å². The molecule has 0 aliphatic rings. The molecule has 5 nitrogen and oxygen atoms in total. The molecule has 0 bridgehead atoms. The second kappa shape index (κ2) is 4.97. The van der Waals surface area contributed by atoms with Crippen LogP contribution in [0.3, 0.4) is 0 Å². The van der Waals surface area contributed by atoms with Crippen LogP contribution in [0.4, 0.5) is 0 Å². The molecule has 2 N–H and O–H groups in total. The summed E-state index contributed by atoms with van der Waals surface area (Å²) in [4.78, 5) is 0. The molecular weight excluding hydrogens is 216 g/mol. The summed E-state index contributed by atoms with van der Waals surface area (Å²) in [6.07, 6.45) is 0. The van der Waals surface area contributed by atoms with Gasteiger partial charge in [0.2, 0.25) is 0 Å². The van der Waals surface area contributed by atoms with Crippen molar-refractivity contribution >= 4 is 0 Å². The van der Waals surface area contributed by atoms with E-state index >= 15 is 0 Å². The van der Waals surface area contributed by atoms with Gasteiger partial charge >= 0.3 is 0 Å². The third-order valence-electron chi connectivity index (χ3n) is 2.61. The minimum absolute atomic E-state index is 0.375. The van der Waals surface area contributed by atoms with Gasteiger partial charge < -0.3 is 10.5 Å². The summed E-state index contributed by atoms with van der Waals surface area (Å²) in [5.74, 6) is 0.833. The fourth-order valence-corrected chi connectivity index (χ4v) is 1.54. The van der Waals surface area contributed by atoms with Crippen LogP contribution in [0.25, 0.3) is 0 Å². The Hall–Kier alpha value is -1.88. The number of ether oxygens (including phenoxy) is 1. The van der Waals surface area contributed by atoms with Crippen molar-refractivity contribution in [1.29, 1.82) is 0 Å². The van der Waals surface area contributed by atoms with Gasteiger partial charge in [-0.05, 0) is 19.1 Å². The minimum Gasteiger partial charge on any atom is -0.487 e. The fourth-order valence-electron chi connectivity index (χ4n) is 1.54. The first-order valence-electron chi connectivity index (χ1n) is 5.47. The zero-order valence-corrected chi connectivity index (χ0v) is 10.1. The predicted octanol–water partition coefficient (Wildman–Crippen LogP) is 1.16. The van der Waals surface area contributed by atoms with E-state index in [9.17, 15) is 0 Å². The van der Waals surface area contributed by atoms with Gasteiger partial charge in [0.05, 0.1) is 0 Å². The molecule has 1 aromatic carbocycles. The molecule has 0 unspecified atom stereocenters. The van der Waals surface area contributed by atoms with Gasteiger partial charge in [-0.2, -0.15) is 0 Å². The Morgan fingerprint density at radius 3 is 2.65 bits per heavy atom. The van der Waals surface area contributed by atoms with Crippen molar-refractivity contribution in [2.75, 3.05) is 0 Å². The van der Waals surface area contributed by atoms with E-state index in [-0.39, 0.29) is 0 Å². The summed E-state index contributed by atoms with van der Waals surface area (Å²) in [5, 5.41) is 7.89. The van der Waals surface area contributed by atoms with Crippen molar-refractivity contribution in [2.24, 2.45) is 12.8 Å². The van der Waals surface area contributed by atoms with Gasteiger partial charge in [0.1, 0.15) is 23.7 Å². The molecule has 2 aromatic rings. The van der Waals surface area contributed by atoms with Crippen LogP contribution in [0.1, 0.15) is 17.0 Å². The molecule has 0 fully saturated rings. The zero-order valence-electron chi connectivity index (χ0n) is 10.1. The predicted molar refractivity (Wildman–Crippen MR) is 64.4 cm³/mol. The van der Waals surface area contributed by atoms with Crippen LogP contribution in [-0.2, 0) is 20.2 Å². The number of benzene rings is 1. The fraction of sp³-hybridized carbons (Fsp3) is 0.333. The Labute approximate surface area is 100 Å². The van der Waals surface area contributed by atoms with Crippen LogP contribution in [0, 0.1) is 6.92 Å². The van der Waals surface area contributed by atoms with Crippen molar-refractivity contribution in [1.82, 2.24) is 15.0 Å². The first-order valence-corrected chi connectivity index (χ1v) is 5.47. The lowest BCUT2D eigenvalue weighted by molar-refractivity contribution is 0.293. The van der Waals surface area contributed by atoms with Crippen molar-refractivity contribution in [3.05, 3.63) is 41.2 Å². The van der Waals surface area contributed by atoms with Gasteiger partial charge in [-0.25, -0.2) is 4.68 Å². The van der Waals surface area contributed by atoms with Crippen molar-refractivity contribution in [3.8, 4) is 5.75 Å². The molecule has 5 heteroatoms. The number of aromatic nitrogens is 3. The lowest BCUT2D eigenvalue weighted by atomic mass is 10.2. The normalized spacial score (nSPS) is 10.5. The summed E-state index contributed by atoms with van der Waals surface area (Å²) < 4.78 is 7.36. The van der Waals surface area contributed by atoms with Crippen LogP contribution >= 0.6 is 0 Å². The summed E-state index contributed by atoms with van der Waals surface area (Å²) in [6, 6.07) is 7.92. The van der Waals surface area contributed by atoms with Gasteiger partial charge in [-0.1, -0.05) is 22.9 Å². The molecule has 90 valence electrons. The number of hydrogen-bond acceptors (Lipinski definition) is 4. The maximum atomic E-state index is 5.67. The quantitative estimate of drug-likeness (QED) is 0.859. The Kier molecular flexibility index (Phi) is 3.39. The molecule has 0 saturated heterocycles. The smallest absolute Gasteiger partial charge is 0.132 e. The molecule has 0 amide bonds. The van der Waals surface area contributed by atoms with E-state index in [4.69, 9.17) is 10.5 Å². The second-order valence-electron chi connectivity index (χ2n) is 3.91. The summed E-state index contributed by atoms with van der Waals surface area (Å²) in [7, 11) is 1.83. The van der Waals surface area contributed by atoms with E-state index < -0.39 is 0 Å². The molecular formula is C12H16N4O. The van der Waals surface area contributed by atoms with Crippen molar-refractivity contribution in [3.63, 3.8) is 0 Å². The third-order valence-corrected chi connectivity index (χ3v) is 2.61. The van der Waals surface area contributed by atoms with Gasteiger partial charge in [0.15, 0.2) is 0 Å². The lowest BCUT2D eigenvalue weighted by Gasteiger charge is -2.07. The van der Waals surface area contributed by atoms with E-state index in [1.165, 1.54) is 5.56 Å². The van der Waals surface area contributed by atoms with Gasteiger partial charge in [0.25, 0.3) is 0 Å². The SMILES string of the molecule is Cc1ccc(OCc2c(CN)nnn2C)cc1. The maximum Gasteiger partial charge on any atom is 0.132 e. The molecule has 1 heterocycles. The van der Waals surface area contributed by atoms with E-state index in [2.05, 4.69) is 10.3 Å². The highest BCUT2D eigenvalue weighted by Gasteiger charge is 2.09. The van der Waals surface area contributed by atoms with Crippen LogP contribution in [-0.4, -0.2) is 15.0 Å². The van der Waals surface area contributed by atoms with E-state index in [0.717, 1.165) is 17.1 Å². The van der Waals surface area contributed by atoms with Gasteiger partial charge in [0, 0.05) is 13.6 Å². The van der Waals surface area contributed by atoms with Crippen LogP contribution < -0.4 is 10.5 Å². The van der Waals surface area contributed by atoms with Crippen LogP contribution in [0.2, 0.25) is 0 Å². The van der Waals surface area contributed by atoms with Gasteiger partial charge in [-0.15, -0.1) is 5.10 Å². The van der Waals surface area contributed by atoms with E-state index in [0.29, 0.717) is 13.2 Å². The van der Waals surface area contributed by atoms with E-state index in [1.54, 1.807) is 4.68 Å². The Morgan fingerprint density at radius 2 is 2.00 bits per heavy atom. The monoisotopic (exact) mass is 232 g/mol. The molecule has 1 aromatic heterocycles. The first kappa shape index (κ1) is 11.6. The molecule has 0 spiro atoms. The van der Waals surface area contributed by atoms with Crippen molar-refractivity contribution < 1.29 is 4.74 Å². The summed E-state index contributed by atoms with van der Waals surface area (Å²) in [6.45, 7) is 2.85. The second-order valence-corrected chi connectivity index (χ2v) is 3.91. The Morgan fingerprint density at radius 1 is 1.29 bits per heavy atom. The Bertz CT molecular complexity index is 490. The third kappa shape index (κ3) is 2.62. The number of hydrogen-bond donors (Lipinski definition) is 1. The largest absolute Gasteiger partial charge is 0.487 e. The van der Waals surface area contributed by atoms with Crippen LogP contribution in [0.5, 0.6) is 5.75 Å². The molecule has 0 saturated carbocycles. The highest BCUT2D eigenvalue weighted by Crippen LogP contribution is 2.14. The molecule has 2 rings (SSSR count). The number of nitrogens with two attached hydrogens (primary N) is 1. The minimum atomic E-state index is 0.375. The molecule has 0 aliphatic carbocycles. The topological polar surface area (TPSA) is 66.0 Å². The maximum absolute atomic E-state index is 5.67. The zero-order chi connectivity index (χ0) is 12.3. The lowest BCUT2D eigenvalue weighted by Crippen LogP contribution is -2.08. The Balaban J connectivity index is 2.06. The molecule has 0 atom stereocenters. The first-order chi connectivity index (χ1) is 8.20. The molecule has 0 aliphatic heterocycles. The number of rotatable bonds is 4. The van der Waals surface area contributed by atoms with Crippen molar-refractivity contribution in [2.45, 2.75) is 20.1 Å². The molecule has 0 radical (unpaired) electrons. The highest BCUT2D eigenvalue weighted by molar-refractivity contribution is 5.26. The average molecular weight is 232 g/mol. The molecule has 17 heavy (non-hydrogen) atoms. The standard InChI is InChI=1S/C12H16N4O/c1-9-3-5-10(6-4-9)17-8-12-11(7-13)14-15-16(12)2/h3-6H,7-8,13H2,1-2H3. The number of aryl methyl sites for hydroxylation is 2. The van der Waals surface area contributed by atoms with Crippen LogP contribution in [0.15, 0.2) is 24.3 Å². The average Bonchev–Trinajstić information content (AvgIpc) is 2.69. The summed E-state index contributed by atoms with van der Waals surface area (Å²) >= 11 is 0. The van der Waals surface area contributed by atoms with Gasteiger partial charge in [-0.3, -0.25) is 0 Å². The summed E-state index contributed by atoms with van der Waals surface area (Å²) in [5.41, 5.74) is 8.48. The highest BCUT2D eigenvalue weighted by atomic mass is 16.5. The number of nitrogens with zero attached hydrogens (tertiary/aromatic N) is 3.